The van der Waals surface area contributed by atoms with Gasteiger partial charge in [-0.05, 0) is 25.0 Å². The van der Waals surface area contributed by atoms with E-state index in [9.17, 15) is 9.90 Å². The van der Waals surface area contributed by atoms with E-state index in [0.717, 1.165) is 67.0 Å². The molecule has 2 aromatic carbocycles. The molecular formula is C35H36Cl2N6O4. The topological polar surface area (TPSA) is 122 Å². The second kappa shape index (κ2) is 13.0. The smallest absolute Gasteiger partial charge is 0.220 e. The zero-order valence-corrected chi connectivity index (χ0v) is 27.7. The van der Waals surface area contributed by atoms with Crippen molar-refractivity contribution in [1.82, 2.24) is 30.5 Å². The molecule has 1 aliphatic carbocycles. The van der Waals surface area contributed by atoms with E-state index >= 15 is 0 Å². The second-order valence-electron chi connectivity index (χ2n) is 12.7. The van der Waals surface area contributed by atoms with Gasteiger partial charge in [0.15, 0.2) is 0 Å². The van der Waals surface area contributed by atoms with E-state index in [4.69, 9.17) is 37.7 Å². The number of hydrogen-bond acceptors (Lipinski definition) is 9. The van der Waals surface area contributed by atoms with E-state index in [0.29, 0.717) is 57.6 Å². The van der Waals surface area contributed by atoms with E-state index in [-0.39, 0.29) is 17.4 Å². The molecule has 0 unspecified atom stereocenters. The highest BCUT2D eigenvalue weighted by molar-refractivity contribution is 6.38. The lowest BCUT2D eigenvalue weighted by Gasteiger charge is -2.47. The van der Waals surface area contributed by atoms with Crippen molar-refractivity contribution in [3.63, 3.8) is 0 Å². The minimum Gasteiger partial charge on any atom is -0.496 e. The molecule has 3 N–H and O–H groups in total. The van der Waals surface area contributed by atoms with Crippen LogP contribution in [0.3, 0.4) is 0 Å². The van der Waals surface area contributed by atoms with Crippen molar-refractivity contribution in [1.29, 1.82) is 0 Å². The number of carbonyl (C=O) groups is 1. The van der Waals surface area contributed by atoms with Gasteiger partial charge in [-0.1, -0.05) is 59.6 Å². The van der Waals surface area contributed by atoms with Gasteiger partial charge in [0.25, 0.3) is 0 Å². The zero-order chi connectivity index (χ0) is 32.7. The third-order valence-electron chi connectivity index (χ3n) is 9.41. The Labute approximate surface area is 283 Å². The van der Waals surface area contributed by atoms with Crippen molar-refractivity contribution in [3.05, 3.63) is 76.0 Å². The molecule has 2 aliphatic heterocycles. The predicted octanol–water partition coefficient (Wildman–Crippen LogP) is 5.13. The van der Waals surface area contributed by atoms with Gasteiger partial charge >= 0.3 is 0 Å². The molecular weight excluding hydrogens is 639 g/mol. The Hall–Kier alpha value is -3.80. The van der Waals surface area contributed by atoms with Gasteiger partial charge in [0.2, 0.25) is 11.8 Å². The number of halogens is 2. The molecule has 2 aromatic heterocycles. The molecule has 10 nitrogen and oxygen atoms in total. The molecule has 3 fully saturated rings. The largest absolute Gasteiger partial charge is 0.496 e. The molecule has 0 radical (unpaired) electrons. The maximum Gasteiger partial charge on any atom is 0.220 e. The predicted molar refractivity (Wildman–Crippen MR) is 180 cm³/mol. The van der Waals surface area contributed by atoms with Gasteiger partial charge in [0.1, 0.15) is 12.1 Å². The number of aliphatic hydroxyl groups is 1. The van der Waals surface area contributed by atoms with Crippen molar-refractivity contribution in [2.75, 3.05) is 33.9 Å². The minimum atomic E-state index is -0.217. The normalized spacial score (nSPS) is 20.1. The van der Waals surface area contributed by atoms with E-state index in [1.165, 1.54) is 6.33 Å². The molecule has 12 heteroatoms. The molecule has 47 heavy (non-hydrogen) atoms. The SMILES string of the molecule is COc1cc(-c2ncnc(-c3cccc(-c4ccc(CNC5CC(O)C5)c(OC)n4)c3Cl)c2Cl)ccc1CN1CC2(CNC(=O)C2)C1. The number of methoxy groups -OCH3 is 2. The van der Waals surface area contributed by atoms with Crippen LogP contribution < -0.4 is 20.1 Å². The molecule has 2 saturated heterocycles. The third kappa shape index (κ3) is 6.28. The first kappa shape index (κ1) is 31.8. The average molecular weight is 676 g/mol. The molecule has 7 rings (SSSR count). The van der Waals surface area contributed by atoms with Crippen molar-refractivity contribution in [3.8, 4) is 45.4 Å². The summed E-state index contributed by atoms with van der Waals surface area (Å²) >= 11 is 14.0. The van der Waals surface area contributed by atoms with Gasteiger partial charge < -0.3 is 25.2 Å². The number of carbonyl (C=O) groups excluding carboxylic acids is 1. The van der Waals surface area contributed by atoms with Crippen LogP contribution in [0.2, 0.25) is 10.0 Å². The number of ether oxygens (including phenoxy) is 2. The molecule has 244 valence electrons. The van der Waals surface area contributed by atoms with Gasteiger partial charge in [0.05, 0.1) is 47.5 Å². The summed E-state index contributed by atoms with van der Waals surface area (Å²) in [5.74, 6) is 1.39. The minimum absolute atomic E-state index is 0.0673. The van der Waals surface area contributed by atoms with Gasteiger partial charge in [0, 0.05) is 78.4 Å². The Morgan fingerprint density at radius 3 is 2.49 bits per heavy atom. The summed E-state index contributed by atoms with van der Waals surface area (Å²) in [6.45, 7) is 3.83. The number of likely N-dealkylation sites (tertiary alicyclic amines) is 1. The lowest BCUT2D eigenvalue weighted by Crippen LogP contribution is -2.56. The standard InChI is InChI=1S/C35H36Cl2N6O4/c1-46-28-10-20(6-7-22(28)15-43-17-35(18-43)13-29(45)39-16-35)32-31(37)33(41-19-40-32)26-5-3-4-25(30(26)36)27-9-8-21(34(42-27)47-2)14-38-23-11-24(44)12-23/h3-10,19,23-24,38,44H,11-18H2,1-2H3,(H,39,45). The number of aliphatic hydroxyl groups excluding tert-OH is 1. The molecule has 1 spiro atoms. The third-order valence-corrected chi connectivity index (χ3v) is 10.2. The van der Waals surface area contributed by atoms with Crippen LogP contribution in [0.15, 0.2) is 54.9 Å². The Kier molecular flexibility index (Phi) is 8.80. The number of nitrogens with one attached hydrogen (secondary N) is 2. The van der Waals surface area contributed by atoms with E-state index in [2.05, 4.69) is 25.5 Å². The van der Waals surface area contributed by atoms with E-state index < -0.39 is 0 Å². The van der Waals surface area contributed by atoms with Crippen LogP contribution in [0.4, 0.5) is 0 Å². The second-order valence-corrected chi connectivity index (χ2v) is 13.5. The molecule has 0 bridgehead atoms. The van der Waals surface area contributed by atoms with Crippen LogP contribution in [0, 0.1) is 5.41 Å². The molecule has 3 aliphatic rings. The highest BCUT2D eigenvalue weighted by Gasteiger charge is 2.47. The Morgan fingerprint density at radius 2 is 1.77 bits per heavy atom. The zero-order valence-electron chi connectivity index (χ0n) is 26.2. The van der Waals surface area contributed by atoms with Crippen LogP contribution in [-0.4, -0.2) is 76.9 Å². The Bertz CT molecular complexity index is 1830. The first-order chi connectivity index (χ1) is 22.8. The van der Waals surface area contributed by atoms with Crippen molar-refractivity contribution in [2.24, 2.45) is 5.41 Å². The van der Waals surface area contributed by atoms with Crippen LogP contribution in [0.5, 0.6) is 11.6 Å². The monoisotopic (exact) mass is 674 g/mol. The Balaban J connectivity index is 1.12. The Morgan fingerprint density at radius 1 is 1.00 bits per heavy atom. The maximum atomic E-state index is 11.7. The summed E-state index contributed by atoms with van der Waals surface area (Å²) in [7, 11) is 3.26. The summed E-state index contributed by atoms with van der Waals surface area (Å²) in [6, 6.07) is 15.9. The summed E-state index contributed by atoms with van der Waals surface area (Å²) in [5.41, 5.74) is 5.94. The van der Waals surface area contributed by atoms with Crippen LogP contribution in [0.25, 0.3) is 33.8 Å². The van der Waals surface area contributed by atoms with Crippen LogP contribution in [0.1, 0.15) is 30.4 Å². The number of amides is 1. The molecule has 4 aromatic rings. The van der Waals surface area contributed by atoms with Crippen LogP contribution in [-0.2, 0) is 17.9 Å². The van der Waals surface area contributed by atoms with Crippen LogP contribution >= 0.6 is 23.2 Å². The number of hydrogen-bond donors (Lipinski definition) is 3. The summed E-state index contributed by atoms with van der Waals surface area (Å²) < 4.78 is 11.4. The molecule has 1 saturated carbocycles. The van der Waals surface area contributed by atoms with Crippen molar-refractivity contribution in [2.45, 2.75) is 44.5 Å². The van der Waals surface area contributed by atoms with Gasteiger partial charge in [-0.2, -0.15) is 0 Å². The number of rotatable bonds is 10. The average Bonchev–Trinajstić information content (AvgIpc) is 3.44. The highest BCUT2D eigenvalue weighted by Crippen LogP contribution is 2.42. The fourth-order valence-corrected chi connectivity index (χ4v) is 7.48. The van der Waals surface area contributed by atoms with E-state index in [1.807, 2.05) is 48.5 Å². The summed E-state index contributed by atoms with van der Waals surface area (Å²) in [4.78, 5) is 27.9. The molecule has 4 heterocycles. The maximum absolute atomic E-state index is 11.7. The quantitative estimate of drug-likeness (QED) is 0.210. The lowest BCUT2D eigenvalue weighted by molar-refractivity contribution is -0.120. The first-order valence-corrected chi connectivity index (χ1v) is 16.4. The summed E-state index contributed by atoms with van der Waals surface area (Å²) in [5, 5.41) is 16.8. The molecule has 0 atom stereocenters. The van der Waals surface area contributed by atoms with E-state index in [1.54, 1.807) is 14.2 Å². The van der Waals surface area contributed by atoms with Gasteiger partial charge in [-0.15, -0.1) is 0 Å². The van der Waals surface area contributed by atoms with Gasteiger partial charge in [-0.25, -0.2) is 15.0 Å². The number of benzene rings is 2. The fourth-order valence-electron chi connectivity index (χ4n) is 6.86. The first-order valence-electron chi connectivity index (χ1n) is 15.7. The highest BCUT2D eigenvalue weighted by atomic mass is 35.5. The fraction of sp³-hybridized carbons (Fsp3) is 0.371. The van der Waals surface area contributed by atoms with Crippen molar-refractivity contribution < 1.29 is 19.4 Å². The summed E-state index contributed by atoms with van der Waals surface area (Å²) in [6.07, 6.45) is 3.38. The van der Waals surface area contributed by atoms with Gasteiger partial charge in [-0.3, -0.25) is 9.69 Å². The molecule has 1 amide bonds. The number of nitrogens with zero attached hydrogens (tertiary/aromatic N) is 4. The number of aromatic nitrogens is 3. The lowest BCUT2D eigenvalue weighted by atomic mass is 9.79. The van der Waals surface area contributed by atoms with Crippen molar-refractivity contribution >= 4 is 29.1 Å². The number of pyridine rings is 1.